The van der Waals surface area contributed by atoms with Gasteiger partial charge in [0.2, 0.25) is 0 Å². The molecule has 1 aliphatic heterocycles. The van der Waals surface area contributed by atoms with E-state index >= 15 is 4.39 Å². The molecular weight excluding hydrogens is 715 g/mol. The third-order valence-corrected chi connectivity index (χ3v) is 9.55. The van der Waals surface area contributed by atoms with E-state index in [1.807, 2.05) is 30.3 Å². The van der Waals surface area contributed by atoms with Gasteiger partial charge < -0.3 is 14.5 Å². The zero-order valence-electron chi connectivity index (χ0n) is 29.1. The fourth-order valence-electron chi connectivity index (χ4n) is 6.70. The second kappa shape index (κ2) is 14.9. The van der Waals surface area contributed by atoms with Crippen molar-refractivity contribution in [2.75, 3.05) is 37.7 Å². The molecule has 0 saturated carbocycles. The number of pyridine rings is 1. The Morgan fingerprint density at radius 3 is 2.53 bits per heavy atom. The van der Waals surface area contributed by atoms with Crippen molar-refractivity contribution < 1.29 is 22.7 Å². The zero-order valence-corrected chi connectivity index (χ0v) is 29.1. The number of alkyl halides is 2. The summed E-state index contributed by atoms with van der Waals surface area (Å²) in [4.78, 5) is 46.5. The molecule has 0 radical (unpaired) electrons. The van der Waals surface area contributed by atoms with Gasteiger partial charge in [-0.15, -0.1) is 0 Å². The van der Waals surface area contributed by atoms with Gasteiger partial charge in [-0.3, -0.25) is 19.4 Å². The number of halogens is 3. The van der Waals surface area contributed by atoms with Crippen LogP contribution in [0.25, 0.3) is 32.9 Å². The largest absolute Gasteiger partial charge is 0.491 e. The molecule has 3 aromatic carbocycles. The Bertz CT molecular complexity index is 2670. The maximum Gasteiger partial charge on any atom is 0.333 e. The molecule has 0 bridgehead atoms. The van der Waals surface area contributed by atoms with Crippen molar-refractivity contribution in [2.45, 2.75) is 19.5 Å². The van der Waals surface area contributed by atoms with Crippen LogP contribution in [0.2, 0.25) is 0 Å². The van der Waals surface area contributed by atoms with E-state index in [4.69, 9.17) is 4.74 Å². The normalized spacial score (nSPS) is 13.2. The summed E-state index contributed by atoms with van der Waals surface area (Å²) in [6.45, 7) is -0.770. The van der Waals surface area contributed by atoms with Crippen LogP contribution in [0.4, 0.5) is 18.9 Å². The van der Waals surface area contributed by atoms with E-state index in [1.54, 1.807) is 41.4 Å². The standard InChI is InChI=1S/C39H32F3N9O4/c40-31-8-5-24(20-34-27-3-1-2-4-28(27)37(53)46-45-34)19-30(31)38(54)49-15-13-48(14-16-49)26-6-7-29-33(21-26)43-12-11-35(29)55-18-17-50-36(52)10-9-32(47-50)25-22-44-51(23-25)39(41)42/h1-12,19,21-23,39H,13-18,20H2,(H,46,53). The van der Waals surface area contributed by atoms with Crippen LogP contribution < -0.4 is 20.8 Å². The monoisotopic (exact) mass is 747 g/mol. The highest BCUT2D eigenvalue weighted by atomic mass is 19.3. The van der Waals surface area contributed by atoms with Gasteiger partial charge in [0.1, 0.15) is 18.2 Å². The van der Waals surface area contributed by atoms with Gasteiger partial charge in [0.15, 0.2) is 0 Å². The molecule has 0 aliphatic carbocycles. The van der Waals surface area contributed by atoms with Crippen molar-refractivity contribution >= 4 is 33.3 Å². The Labute approximate surface area is 310 Å². The predicted molar refractivity (Wildman–Crippen MR) is 198 cm³/mol. The first kappa shape index (κ1) is 35.2. The fraction of sp³-hybridized carbons (Fsp3) is 0.205. The highest BCUT2D eigenvalue weighted by Crippen LogP contribution is 2.29. The van der Waals surface area contributed by atoms with E-state index in [1.165, 1.54) is 29.1 Å². The summed E-state index contributed by atoms with van der Waals surface area (Å²) in [5.41, 5.74) is 2.90. The van der Waals surface area contributed by atoms with Crippen molar-refractivity contribution in [1.82, 2.24) is 39.6 Å². The summed E-state index contributed by atoms with van der Waals surface area (Å²) in [5.74, 6) is -0.443. The molecule has 1 amide bonds. The van der Waals surface area contributed by atoms with Gasteiger partial charge in [-0.05, 0) is 54.1 Å². The van der Waals surface area contributed by atoms with E-state index in [0.717, 1.165) is 17.3 Å². The number of carbonyl (C=O) groups is 1. The Balaban J connectivity index is 0.902. The Morgan fingerprint density at radius 1 is 0.909 bits per heavy atom. The highest BCUT2D eigenvalue weighted by Gasteiger charge is 2.25. The molecule has 0 unspecified atom stereocenters. The van der Waals surface area contributed by atoms with Gasteiger partial charge in [0, 0.05) is 73.1 Å². The molecule has 55 heavy (non-hydrogen) atoms. The molecule has 16 heteroatoms. The molecule has 1 fully saturated rings. The van der Waals surface area contributed by atoms with E-state index in [9.17, 15) is 23.2 Å². The number of anilines is 1. The average molecular weight is 748 g/mol. The first-order valence-corrected chi connectivity index (χ1v) is 17.4. The molecule has 8 rings (SSSR count). The molecule has 0 atom stereocenters. The molecule has 1 N–H and O–H groups in total. The number of aromatic nitrogens is 7. The summed E-state index contributed by atoms with van der Waals surface area (Å²) >= 11 is 0. The lowest BCUT2D eigenvalue weighted by Gasteiger charge is -2.36. The number of amides is 1. The molecule has 278 valence electrons. The van der Waals surface area contributed by atoms with E-state index < -0.39 is 18.3 Å². The maximum atomic E-state index is 15.0. The van der Waals surface area contributed by atoms with Crippen LogP contribution >= 0.6 is 0 Å². The van der Waals surface area contributed by atoms with Crippen molar-refractivity contribution in [3.8, 4) is 17.0 Å². The molecule has 1 saturated heterocycles. The second-order valence-corrected chi connectivity index (χ2v) is 12.9. The second-order valence-electron chi connectivity index (χ2n) is 12.9. The number of hydrogen-bond acceptors (Lipinski definition) is 9. The lowest BCUT2D eigenvalue weighted by atomic mass is 10.0. The summed E-state index contributed by atoms with van der Waals surface area (Å²) in [6, 6.07) is 21.9. The summed E-state index contributed by atoms with van der Waals surface area (Å²) < 4.78 is 48.7. The van der Waals surface area contributed by atoms with Crippen LogP contribution in [0.5, 0.6) is 5.75 Å². The van der Waals surface area contributed by atoms with Crippen LogP contribution in [-0.2, 0) is 13.0 Å². The van der Waals surface area contributed by atoms with Crippen LogP contribution in [0.15, 0.2) is 107 Å². The molecule has 13 nitrogen and oxygen atoms in total. The number of ether oxygens (including phenoxy) is 1. The fourth-order valence-corrected chi connectivity index (χ4v) is 6.70. The Morgan fingerprint density at radius 2 is 1.73 bits per heavy atom. The molecular formula is C39H32F3N9O4. The van der Waals surface area contributed by atoms with Crippen LogP contribution in [-0.4, -0.2) is 78.3 Å². The molecule has 5 heterocycles. The van der Waals surface area contributed by atoms with E-state index in [0.29, 0.717) is 81.8 Å². The van der Waals surface area contributed by atoms with Gasteiger partial charge in [-0.25, -0.2) is 18.9 Å². The predicted octanol–water partition coefficient (Wildman–Crippen LogP) is 5.06. The number of piperazine rings is 1. The van der Waals surface area contributed by atoms with Gasteiger partial charge in [0.25, 0.3) is 17.0 Å². The number of hydrogen-bond donors (Lipinski definition) is 1. The Hall–Kier alpha value is -6.84. The van der Waals surface area contributed by atoms with Crippen molar-refractivity contribution in [1.29, 1.82) is 0 Å². The average Bonchev–Trinajstić information content (AvgIpc) is 3.71. The zero-order chi connectivity index (χ0) is 38.1. The van der Waals surface area contributed by atoms with E-state index in [-0.39, 0.29) is 29.8 Å². The number of carbonyl (C=O) groups excluding carboxylic acids is 1. The van der Waals surface area contributed by atoms with Gasteiger partial charge in [-0.2, -0.15) is 24.1 Å². The van der Waals surface area contributed by atoms with Crippen molar-refractivity contribution in [2.24, 2.45) is 0 Å². The lowest BCUT2D eigenvalue weighted by molar-refractivity contribution is 0.0566. The topological polar surface area (TPSA) is 144 Å². The van der Waals surface area contributed by atoms with Crippen molar-refractivity contribution in [3.63, 3.8) is 0 Å². The molecule has 4 aromatic heterocycles. The minimum atomic E-state index is -2.79. The Kier molecular flexibility index (Phi) is 9.53. The van der Waals surface area contributed by atoms with Crippen LogP contribution in [0, 0.1) is 5.82 Å². The quantitative estimate of drug-likeness (QED) is 0.203. The minimum absolute atomic E-state index is 0.0164. The number of nitrogens with zero attached hydrogens (tertiary/aromatic N) is 8. The first-order chi connectivity index (χ1) is 26.7. The molecule has 1 aliphatic rings. The van der Waals surface area contributed by atoms with Gasteiger partial charge in [-0.1, -0.05) is 24.3 Å². The third kappa shape index (κ3) is 7.25. The highest BCUT2D eigenvalue weighted by molar-refractivity contribution is 5.95. The number of rotatable bonds is 10. The van der Waals surface area contributed by atoms with Crippen molar-refractivity contribution in [3.05, 3.63) is 141 Å². The number of H-pyrrole nitrogens is 1. The number of aromatic amines is 1. The maximum absolute atomic E-state index is 15.0. The number of benzene rings is 3. The number of nitrogens with one attached hydrogen (secondary N) is 1. The molecule has 0 spiro atoms. The minimum Gasteiger partial charge on any atom is -0.491 e. The molecule has 7 aromatic rings. The lowest BCUT2D eigenvalue weighted by Crippen LogP contribution is -2.49. The SMILES string of the molecule is O=C(c1cc(Cc2n[nH]c(=O)c3ccccc23)ccc1F)N1CCN(c2ccc3c(OCCn4nc(-c5cnn(C(F)F)c5)ccc4=O)ccnc3c2)CC1. The third-order valence-electron chi connectivity index (χ3n) is 9.55. The summed E-state index contributed by atoms with van der Waals surface area (Å²) in [6.07, 6.45) is 4.36. The smallest absolute Gasteiger partial charge is 0.333 e. The summed E-state index contributed by atoms with van der Waals surface area (Å²) in [5, 5.41) is 16.6. The van der Waals surface area contributed by atoms with Gasteiger partial charge >= 0.3 is 6.55 Å². The number of fused-ring (bicyclic) bond motifs is 2. The van der Waals surface area contributed by atoms with Crippen LogP contribution in [0.3, 0.4) is 0 Å². The first-order valence-electron chi connectivity index (χ1n) is 17.4. The summed E-state index contributed by atoms with van der Waals surface area (Å²) in [7, 11) is 0. The van der Waals surface area contributed by atoms with E-state index in [2.05, 4.69) is 30.3 Å². The van der Waals surface area contributed by atoms with Crippen LogP contribution in [0.1, 0.15) is 28.2 Å². The van der Waals surface area contributed by atoms with Gasteiger partial charge in [0.05, 0.1) is 40.6 Å².